The van der Waals surface area contributed by atoms with Gasteiger partial charge in [0.2, 0.25) is 17.8 Å². The fraction of sp³-hybridized carbons (Fsp3) is 0.389. The topological polar surface area (TPSA) is 98.7 Å². The Morgan fingerprint density at radius 3 is 2.57 bits per heavy atom. The quantitative estimate of drug-likeness (QED) is 0.753. The van der Waals surface area contributed by atoms with E-state index < -0.39 is 17.9 Å². The number of urea groups is 1. The molecular formula is C18H20N6O3S. The van der Waals surface area contributed by atoms with Gasteiger partial charge >= 0.3 is 6.03 Å². The molecule has 0 aliphatic carbocycles. The lowest BCUT2D eigenvalue weighted by Crippen LogP contribution is -2.60. The molecule has 4 heterocycles. The average molecular weight is 400 g/mol. The maximum Gasteiger partial charge on any atom is 0.324 e. The molecule has 9 nitrogen and oxygen atoms in total. The summed E-state index contributed by atoms with van der Waals surface area (Å²) < 4.78 is 0. The fourth-order valence-electron chi connectivity index (χ4n) is 3.36. The van der Waals surface area contributed by atoms with E-state index in [1.54, 1.807) is 23.4 Å². The minimum absolute atomic E-state index is 0.0411. The molecular weight excluding hydrogens is 380 g/mol. The number of amides is 4. The van der Waals surface area contributed by atoms with Gasteiger partial charge in [-0.05, 0) is 17.5 Å². The molecule has 0 radical (unpaired) electrons. The summed E-state index contributed by atoms with van der Waals surface area (Å²) in [6.45, 7) is 2.40. The summed E-state index contributed by atoms with van der Waals surface area (Å²) in [5.41, 5.74) is 0. The normalized spacial score (nSPS) is 20.3. The minimum Gasteiger partial charge on any atom is -0.338 e. The van der Waals surface area contributed by atoms with Crippen molar-refractivity contribution in [3.8, 4) is 0 Å². The number of aromatic nitrogens is 2. The van der Waals surface area contributed by atoms with E-state index in [2.05, 4.69) is 15.3 Å². The van der Waals surface area contributed by atoms with Gasteiger partial charge in [0.05, 0.1) is 6.54 Å². The Bertz CT molecular complexity index is 851. The van der Waals surface area contributed by atoms with Crippen molar-refractivity contribution in [3.05, 3.63) is 40.8 Å². The monoisotopic (exact) mass is 400 g/mol. The molecule has 0 aromatic carbocycles. The molecule has 2 aliphatic rings. The zero-order valence-corrected chi connectivity index (χ0v) is 16.0. The second kappa shape index (κ2) is 7.93. The second-order valence-corrected chi connectivity index (χ2v) is 7.64. The molecule has 1 unspecified atom stereocenters. The van der Waals surface area contributed by atoms with E-state index in [0.29, 0.717) is 32.1 Å². The van der Waals surface area contributed by atoms with Crippen LogP contribution in [0.5, 0.6) is 0 Å². The number of anilines is 1. The number of thiophene rings is 1. The van der Waals surface area contributed by atoms with Gasteiger partial charge in [-0.2, -0.15) is 0 Å². The first-order chi connectivity index (χ1) is 13.6. The highest BCUT2D eigenvalue weighted by atomic mass is 32.1. The van der Waals surface area contributed by atoms with Crippen LogP contribution in [-0.4, -0.2) is 70.3 Å². The molecule has 0 saturated carbocycles. The summed E-state index contributed by atoms with van der Waals surface area (Å²) in [7, 11) is 0. The van der Waals surface area contributed by atoms with E-state index >= 15 is 0 Å². The van der Waals surface area contributed by atoms with E-state index in [9.17, 15) is 14.4 Å². The molecule has 1 N–H and O–H groups in total. The van der Waals surface area contributed by atoms with E-state index in [0.717, 1.165) is 9.78 Å². The molecule has 28 heavy (non-hydrogen) atoms. The highest BCUT2D eigenvalue weighted by Gasteiger charge is 2.41. The summed E-state index contributed by atoms with van der Waals surface area (Å²) >= 11 is 1.47. The molecule has 1 atom stereocenters. The first-order valence-electron chi connectivity index (χ1n) is 9.06. The number of piperazine rings is 1. The second-order valence-electron chi connectivity index (χ2n) is 6.60. The van der Waals surface area contributed by atoms with Crippen molar-refractivity contribution in [2.45, 2.75) is 6.54 Å². The third kappa shape index (κ3) is 3.68. The zero-order valence-electron chi connectivity index (χ0n) is 15.2. The van der Waals surface area contributed by atoms with E-state index in [-0.39, 0.29) is 19.0 Å². The van der Waals surface area contributed by atoms with Gasteiger partial charge < -0.3 is 15.1 Å². The Morgan fingerprint density at radius 1 is 1.14 bits per heavy atom. The molecule has 0 bridgehead atoms. The fourth-order valence-corrected chi connectivity index (χ4v) is 4.06. The molecule has 0 spiro atoms. The van der Waals surface area contributed by atoms with Gasteiger partial charge in [0.1, 0.15) is 5.92 Å². The SMILES string of the molecule is O=C(C1CNC(=O)N(Cc2cccs2)C1=O)N1CCN(c2ncccn2)CC1. The summed E-state index contributed by atoms with van der Waals surface area (Å²) in [5, 5.41) is 4.56. The molecule has 2 aromatic rings. The lowest BCUT2D eigenvalue weighted by Gasteiger charge is -2.38. The predicted molar refractivity (Wildman–Crippen MR) is 103 cm³/mol. The van der Waals surface area contributed by atoms with Gasteiger partial charge in [0, 0.05) is 50.0 Å². The minimum atomic E-state index is -0.878. The highest BCUT2D eigenvalue weighted by Crippen LogP contribution is 2.19. The smallest absolute Gasteiger partial charge is 0.324 e. The van der Waals surface area contributed by atoms with Crippen LogP contribution in [0.3, 0.4) is 0 Å². The Kier molecular flexibility index (Phi) is 5.20. The number of imide groups is 1. The Balaban J connectivity index is 1.39. The molecule has 2 fully saturated rings. The Hall–Kier alpha value is -3.01. The first-order valence-corrected chi connectivity index (χ1v) is 9.94. The molecule has 2 saturated heterocycles. The lowest BCUT2D eigenvalue weighted by molar-refractivity contribution is -0.147. The van der Waals surface area contributed by atoms with Crippen LogP contribution >= 0.6 is 11.3 Å². The van der Waals surface area contributed by atoms with E-state index in [4.69, 9.17) is 0 Å². The molecule has 4 amide bonds. The molecule has 146 valence electrons. The lowest BCUT2D eigenvalue weighted by atomic mass is 10.0. The van der Waals surface area contributed by atoms with E-state index in [1.165, 1.54) is 11.3 Å². The van der Waals surface area contributed by atoms with Crippen molar-refractivity contribution in [1.29, 1.82) is 0 Å². The molecule has 4 rings (SSSR count). The number of rotatable bonds is 4. The number of carbonyl (C=O) groups is 3. The van der Waals surface area contributed by atoms with Gasteiger partial charge in [0.25, 0.3) is 0 Å². The predicted octanol–water partition coefficient (Wildman–Crippen LogP) is 0.555. The van der Waals surface area contributed by atoms with Crippen molar-refractivity contribution in [2.75, 3.05) is 37.6 Å². The Labute approximate surface area is 166 Å². The summed E-state index contributed by atoms with van der Waals surface area (Å²) in [6, 6.07) is 5.04. The van der Waals surface area contributed by atoms with Crippen molar-refractivity contribution >= 4 is 35.1 Å². The molecule has 2 aliphatic heterocycles. The van der Waals surface area contributed by atoms with Gasteiger partial charge in [-0.3, -0.25) is 14.5 Å². The van der Waals surface area contributed by atoms with Crippen LogP contribution in [0.1, 0.15) is 4.88 Å². The number of carbonyl (C=O) groups excluding carboxylic acids is 3. The van der Waals surface area contributed by atoms with Gasteiger partial charge in [0.15, 0.2) is 0 Å². The number of nitrogens with zero attached hydrogens (tertiary/aromatic N) is 5. The maximum atomic E-state index is 12.9. The van der Waals surface area contributed by atoms with Crippen LogP contribution in [0, 0.1) is 5.92 Å². The van der Waals surface area contributed by atoms with Crippen LogP contribution in [0.25, 0.3) is 0 Å². The summed E-state index contributed by atoms with van der Waals surface area (Å²) in [4.78, 5) is 52.1. The van der Waals surface area contributed by atoms with Gasteiger partial charge in [-0.15, -0.1) is 11.3 Å². The van der Waals surface area contributed by atoms with Crippen molar-refractivity contribution in [3.63, 3.8) is 0 Å². The molecule has 10 heteroatoms. The largest absolute Gasteiger partial charge is 0.338 e. The van der Waals surface area contributed by atoms with Crippen LogP contribution in [-0.2, 0) is 16.1 Å². The number of hydrogen-bond acceptors (Lipinski definition) is 7. The maximum absolute atomic E-state index is 12.9. The summed E-state index contributed by atoms with van der Waals surface area (Å²) in [6.07, 6.45) is 3.37. The first kappa shape index (κ1) is 18.4. The molecule has 2 aromatic heterocycles. The van der Waals surface area contributed by atoms with Gasteiger partial charge in [-0.25, -0.2) is 14.8 Å². The van der Waals surface area contributed by atoms with Crippen LogP contribution in [0.2, 0.25) is 0 Å². The third-order valence-corrected chi connectivity index (χ3v) is 5.75. The Morgan fingerprint density at radius 2 is 1.89 bits per heavy atom. The van der Waals surface area contributed by atoms with Crippen molar-refractivity contribution in [2.24, 2.45) is 5.92 Å². The highest BCUT2D eigenvalue weighted by molar-refractivity contribution is 7.09. The summed E-state index contributed by atoms with van der Waals surface area (Å²) in [5.74, 6) is -0.916. The average Bonchev–Trinajstić information content (AvgIpc) is 3.25. The van der Waals surface area contributed by atoms with Crippen molar-refractivity contribution in [1.82, 2.24) is 25.1 Å². The van der Waals surface area contributed by atoms with Crippen LogP contribution < -0.4 is 10.2 Å². The number of nitrogens with one attached hydrogen (secondary N) is 1. The van der Waals surface area contributed by atoms with Crippen LogP contribution in [0.15, 0.2) is 36.0 Å². The standard InChI is InChI=1S/C18H20N6O3S/c25-15(22-6-8-23(9-7-22)17-19-4-2-5-20-17)14-11-21-18(27)24(16(14)26)12-13-3-1-10-28-13/h1-5,10,14H,6-9,11-12H2,(H,21,27). The zero-order chi connectivity index (χ0) is 19.5. The third-order valence-electron chi connectivity index (χ3n) is 4.89. The number of hydrogen-bond donors (Lipinski definition) is 1. The van der Waals surface area contributed by atoms with Crippen LogP contribution in [0.4, 0.5) is 10.7 Å². The van der Waals surface area contributed by atoms with E-state index in [1.807, 2.05) is 22.4 Å². The van der Waals surface area contributed by atoms with Gasteiger partial charge in [-0.1, -0.05) is 6.07 Å². The van der Waals surface area contributed by atoms with Crippen molar-refractivity contribution < 1.29 is 14.4 Å².